The smallest absolute Gasteiger partial charge is 0.307 e. The topological polar surface area (TPSA) is 45.2 Å². The van der Waals surface area contributed by atoms with E-state index in [-0.39, 0.29) is 6.03 Å². The summed E-state index contributed by atoms with van der Waals surface area (Å²) in [6, 6.07) is 18.7. The molecular weight excluding hydrogens is 294 g/mol. The largest absolute Gasteiger partial charge is 0.332 e. The van der Waals surface area contributed by atoms with Crippen LogP contribution in [0.4, 0.5) is 21.3 Å². The maximum atomic E-state index is 12.7. The summed E-state index contributed by atoms with van der Waals surface area (Å²) in [4.78, 5) is 19.7. The Morgan fingerprint density at radius 1 is 1.05 bits per heavy atom. The number of hydrogen-bond donors (Lipinski definition) is 1. The predicted molar refractivity (Wildman–Crippen MR) is 90.9 cm³/mol. The van der Waals surface area contributed by atoms with Crippen molar-refractivity contribution in [3.63, 3.8) is 0 Å². The van der Waals surface area contributed by atoms with Gasteiger partial charge in [-0.15, -0.1) is 11.3 Å². The first-order valence-corrected chi connectivity index (χ1v) is 7.69. The van der Waals surface area contributed by atoms with E-state index in [9.17, 15) is 4.79 Å². The Morgan fingerprint density at radius 2 is 1.68 bits per heavy atom. The van der Waals surface area contributed by atoms with Crippen LogP contribution in [0.3, 0.4) is 0 Å². The Labute approximate surface area is 133 Å². The van der Waals surface area contributed by atoms with Crippen LogP contribution >= 0.6 is 11.3 Å². The van der Waals surface area contributed by atoms with E-state index in [1.165, 1.54) is 11.3 Å². The number of anilines is 3. The molecule has 1 N–H and O–H groups in total. The molecule has 3 rings (SSSR count). The summed E-state index contributed by atoms with van der Waals surface area (Å²) in [6.07, 6.45) is 1.77. The van der Waals surface area contributed by atoms with E-state index in [0.29, 0.717) is 5.13 Å². The molecule has 1 heterocycles. The second-order valence-electron chi connectivity index (χ2n) is 4.72. The van der Waals surface area contributed by atoms with Gasteiger partial charge in [0.1, 0.15) is 0 Å². The third-order valence-electron chi connectivity index (χ3n) is 3.04. The normalized spacial score (nSPS) is 10.2. The molecule has 3 aromatic rings. The SMILES string of the molecule is Cc1cnc(N(C(=O)Nc2ccccc2)c2ccccc2)s1. The molecule has 0 aliphatic carbocycles. The van der Waals surface area contributed by atoms with Crippen molar-refractivity contribution in [1.29, 1.82) is 0 Å². The predicted octanol–water partition coefficient (Wildman–Crippen LogP) is 4.82. The fourth-order valence-corrected chi connectivity index (χ4v) is 2.82. The molecule has 0 saturated heterocycles. The van der Waals surface area contributed by atoms with Crippen LogP contribution < -0.4 is 10.2 Å². The molecule has 0 atom stereocenters. The van der Waals surface area contributed by atoms with Crippen LogP contribution in [-0.4, -0.2) is 11.0 Å². The van der Waals surface area contributed by atoms with Crippen LogP contribution in [0.1, 0.15) is 4.88 Å². The fourth-order valence-electron chi connectivity index (χ4n) is 2.04. The maximum Gasteiger partial charge on any atom is 0.332 e. The molecule has 0 saturated carbocycles. The third kappa shape index (κ3) is 3.15. The molecular formula is C17H15N3OS. The van der Waals surface area contributed by atoms with Gasteiger partial charge in [0, 0.05) is 16.8 Å². The summed E-state index contributed by atoms with van der Waals surface area (Å²) >= 11 is 1.48. The second-order valence-corrected chi connectivity index (χ2v) is 5.93. The number of nitrogens with zero attached hydrogens (tertiary/aromatic N) is 2. The summed E-state index contributed by atoms with van der Waals surface area (Å²) in [5.74, 6) is 0. The van der Waals surface area contributed by atoms with Gasteiger partial charge in [0.2, 0.25) is 0 Å². The molecule has 0 aliphatic rings. The molecule has 5 heteroatoms. The number of rotatable bonds is 3. The first-order valence-electron chi connectivity index (χ1n) is 6.88. The van der Waals surface area contributed by atoms with Crippen molar-refractivity contribution < 1.29 is 4.79 Å². The minimum atomic E-state index is -0.230. The summed E-state index contributed by atoms with van der Waals surface area (Å²) in [7, 11) is 0. The van der Waals surface area contributed by atoms with Gasteiger partial charge in [-0.3, -0.25) is 0 Å². The highest BCUT2D eigenvalue weighted by molar-refractivity contribution is 7.15. The van der Waals surface area contributed by atoms with Crippen molar-refractivity contribution in [1.82, 2.24) is 4.98 Å². The number of carbonyl (C=O) groups is 1. The molecule has 0 fully saturated rings. The second kappa shape index (κ2) is 6.41. The van der Waals surface area contributed by atoms with Gasteiger partial charge in [0.25, 0.3) is 0 Å². The van der Waals surface area contributed by atoms with Gasteiger partial charge >= 0.3 is 6.03 Å². The van der Waals surface area contributed by atoms with Gasteiger partial charge in [-0.25, -0.2) is 14.7 Å². The highest BCUT2D eigenvalue weighted by Crippen LogP contribution is 2.29. The number of thiazole rings is 1. The quantitative estimate of drug-likeness (QED) is 0.753. The first-order chi connectivity index (χ1) is 10.7. The molecule has 0 radical (unpaired) electrons. The van der Waals surface area contributed by atoms with Gasteiger partial charge in [-0.2, -0.15) is 0 Å². The number of aryl methyl sites for hydroxylation is 1. The van der Waals surface area contributed by atoms with Crippen LogP contribution in [0.5, 0.6) is 0 Å². The van der Waals surface area contributed by atoms with Gasteiger partial charge < -0.3 is 5.32 Å². The molecule has 2 amide bonds. The van der Waals surface area contributed by atoms with Gasteiger partial charge in [-0.1, -0.05) is 36.4 Å². The Kier molecular flexibility index (Phi) is 4.16. The van der Waals surface area contributed by atoms with Gasteiger partial charge in [0.05, 0.1) is 5.69 Å². The highest BCUT2D eigenvalue weighted by atomic mass is 32.1. The van der Waals surface area contributed by atoms with Gasteiger partial charge in [-0.05, 0) is 31.2 Å². The van der Waals surface area contributed by atoms with Crippen LogP contribution in [0, 0.1) is 6.92 Å². The lowest BCUT2D eigenvalue weighted by Gasteiger charge is -2.20. The van der Waals surface area contributed by atoms with Crippen molar-refractivity contribution >= 4 is 33.9 Å². The van der Waals surface area contributed by atoms with Crippen molar-refractivity contribution in [2.75, 3.05) is 10.2 Å². The van der Waals surface area contributed by atoms with Crippen LogP contribution in [-0.2, 0) is 0 Å². The van der Waals surface area contributed by atoms with Crippen molar-refractivity contribution in [3.8, 4) is 0 Å². The Hall–Kier alpha value is -2.66. The Bertz CT molecular complexity index is 756. The number of benzene rings is 2. The summed E-state index contributed by atoms with van der Waals surface area (Å²) in [5.41, 5.74) is 1.53. The van der Waals surface area contributed by atoms with Crippen LogP contribution in [0.25, 0.3) is 0 Å². The van der Waals surface area contributed by atoms with E-state index in [4.69, 9.17) is 0 Å². The lowest BCUT2D eigenvalue weighted by Crippen LogP contribution is -2.30. The zero-order valence-corrected chi connectivity index (χ0v) is 12.9. The zero-order valence-electron chi connectivity index (χ0n) is 12.1. The highest BCUT2D eigenvalue weighted by Gasteiger charge is 2.20. The van der Waals surface area contributed by atoms with Crippen LogP contribution in [0.2, 0.25) is 0 Å². The minimum Gasteiger partial charge on any atom is -0.307 e. The van der Waals surface area contributed by atoms with E-state index < -0.39 is 0 Å². The number of amides is 2. The van der Waals surface area contributed by atoms with E-state index in [1.54, 1.807) is 11.1 Å². The number of hydrogen-bond acceptors (Lipinski definition) is 3. The zero-order chi connectivity index (χ0) is 15.4. The number of aromatic nitrogens is 1. The van der Waals surface area contributed by atoms with E-state index >= 15 is 0 Å². The van der Waals surface area contributed by atoms with E-state index in [1.807, 2.05) is 67.6 Å². The summed E-state index contributed by atoms with van der Waals surface area (Å²) < 4.78 is 0. The Balaban J connectivity index is 1.93. The fraction of sp³-hybridized carbons (Fsp3) is 0.0588. The molecule has 0 spiro atoms. The number of para-hydroxylation sites is 2. The average molecular weight is 309 g/mol. The summed E-state index contributed by atoms with van der Waals surface area (Å²) in [6.45, 7) is 1.97. The molecule has 0 unspecified atom stereocenters. The number of carbonyl (C=O) groups excluding carboxylic acids is 1. The van der Waals surface area contributed by atoms with Crippen molar-refractivity contribution in [2.24, 2.45) is 0 Å². The molecule has 0 bridgehead atoms. The standard InChI is InChI=1S/C17H15N3OS/c1-13-12-18-17(22-13)20(15-10-6-3-7-11-15)16(21)19-14-8-4-2-5-9-14/h2-12H,1H3,(H,19,21). The monoisotopic (exact) mass is 309 g/mol. The Morgan fingerprint density at radius 3 is 2.27 bits per heavy atom. The molecule has 2 aromatic carbocycles. The van der Waals surface area contributed by atoms with Gasteiger partial charge in [0.15, 0.2) is 5.13 Å². The number of nitrogens with one attached hydrogen (secondary N) is 1. The molecule has 1 aromatic heterocycles. The van der Waals surface area contributed by atoms with Crippen molar-refractivity contribution in [2.45, 2.75) is 6.92 Å². The minimum absolute atomic E-state index is 0.230. The first kappa shape index (κ1) is 14.3. The third-order valence-corrected chi connectivity index (χ3v) is 3.94. The van der Waals surface area contributed by atoms with Crippen LogP contribution in [0.15, 0.2) is 66.9 Å². The molecule has 22 heavy (non-hydrogen) atoms. The molecule has 0 aliphatic heterocycles. The number of urea groups is 1. The average Bonchev–Trinajstić information content (AvgIpc) is 2.95. The van der Waals surface area contributed by atoms with E-state index in [2.05, 4.69) is 10.3 Å². The molecule has 4 nitrogen and oxygen atoms in total. The lowest BCUT2D eigenvalue weighted by molar-refractivity contribution is 0.259. The maximum absolute atomic E-state index is 12.7. The molecule has 110 valence electrons. The van der Waals surface area contributed by atoms with E-state index in [0.717, 1.165) is 16.3 Å². The van der Waals surface area contributed by atoms with Crippen molar-refractivity contribution in [3.05, 3.63) is 71.7 Å². The lowest BCUT2D eigenvalue weighted by atomic mass is 10.3. The summed E-state index contributed by atoms with van der Waals surface area (Å²) in [5, 5.41) is 3.55.